The van der Waals surface area contributed by atoms with E-state index in [1.165, 1.54) is 21.7 Å². The first-order valence-electron chi connectivity index (χ1n) is 12.2. The lowest BCUT2D eigenvalue weighted by Gasteiger charge is -2.28. The van der Waals surface area contributed by atoms with E-state index < -0.39 is 0 Å². The van der Waals surface area contributed by atoms with Gasteiger partial charge in [-0.15, -0.1) is 21.5 Å². The minimum Gasteiger partial charge on any atom is -0.497 e. The number of carbonyl (C=O) groups is 2. The smallest absolute Gasteiger partial charge is 0.251 e. The SMILES string of the molecule is COc1ccc(CNC(=O)CN(C(=O)Cn2nnc(-c3cccs3)n2)c2cccc3c2CCCC3)cc1. The predicted molar refractivity (Wildman–Crippen MR) is 141 cm³/mol. The molecule has 0 atom stereocenters. The number of ether oxygens (including phenoxy) is 1. The van der Waals surface area contributed by atoms with Crippen molar-refractivity contribution in [2.24, 2.45) is 0 Å². The Morgan fingerprint density at radius 2 is 1.92 bits per heavy atom. The highest BCUT2D eigenvalue weighted by atomic mass is 32.1. The Bertz CT molecular complexity index is 1370. The van der Waals surface area contributed by atoms with Crippen LogP contribution in [0.25, 0.3) is 10.7 Å². The van der Waals surface area contributed by atoms with Crippen molar-refractivity contribution in [3.8, 4) is 16.5 Å². The maximum absolute atomic E-state index is 13.6. The highest BCUT2D eigenvalue weighted by molar-refractivity contribution is 7.13. The summed E-state index contributed by atoms with van der Waals surface area (Å²) >= 11 is 1.51. The van der Waals surface area contributed by atoms with Gasteiger partial charge in [-0.05, 0) is 77.2 Å². The summed E-state index contributed by atoms with van der Waals surface area (Å²) < 4.78 is 5.19. The molecule has 5 rings (SSSR count). The largest absolute Gasteiger partial charge is 0.497 e. The quantitative estimate of drug-likeness (QED) is 0.364. The lowest BCUT2D eigenvalue weighted by atomic mass is 9.90. The van der Waals surface area contributed by atoms with Gasteiger partial charge in [0, 0.05) is 12.2 Å². The second-order valence-electron chi connectivity index (χ2n) is 8.85. The van der Waals surface area contributed by atoms with Crippen LogP contribution in [-0.4, -0.2) is 45.7 Å². The third-order valence-corrected chi connectivity index (χ3v) is 7.25. The van der Waals surface area contributed by atoms with Gasteiger partial charge >= 0.3 is 0 Å². The molecule has 2 aromatic carbocycles. The van der Waals surface area contributed by atoms with Crippen LogP contribution in [0.3, 0.4) is 0 Å². The number of tetrazole rings is 1. The summed E-state index contributed by atoms with van der Waals surface area (Å²) in [5, 5.41) is 17.4. The number of anilines is 1. The zero-order valence-electron chi connectivity index (χ0n) is 20.6. The summed E-state index contributed by atoms with van der Waals surface area (Å²) in [6, 6.07) is 17.3. The van der Waals surface area contributed by atoms with Gasteiger partial charge in [0.2, 0.25) is 11.7 Å². The number of carbonyl (C=O) groups excluding carboxylic acids is 2. The average Bonchev–Trinajstić information content (AvgIpc) is 3.63. The average molecular weight is 517 g/mol. The fourth-order valence-electron chi connectivity index (χ4n) is 4.49. The van der Waals surface area contributed by atoms with Crippen LogP contribution in [0, 0.1) is 0 Å². The molecule has 0 radical (unpaired) electrons. The van der Waals surface area contributed by atoms with E-state index in [9.17, 15) is 9.59 Å². The number of methoxy groups -OCH3 is 1. The van der Waals surface area contributed by atoms with Crippen molar-refractivity contribution in [1.82, 2.24) is 25.5 Å². The van der Waals surface area contributed by atoms with Crippen molar-refractivity contribution in [3.63, 3.8) is 0 Å². The monoisotopic (exact) mass is 516 g/mol. The number of amides is 2. The van der Waals surface area contributed by atoms with Gasteiger partial charge in [-0.3, -0.25) is 9.59 Å². The van der Waals surface area contributed by atoms with Gasteiger partial charge in [0.05, 0.1) is 12.0 Å². The molecule has 0 unspecified atom stereocenters. The number of nitrogens with one attached hydrogen (secondary N) is 1. The van der Waals surface area contributed by atoms with Crippen LogP contribution in [0.2, 0.25) is 0 Å². The second-order valence-corrected chi connectivity index (χ2v) is 9.80. The normalized spacial score (nSPS) is 12.6. The summed E-state index contributed by atoms with van der Waals surface area (Å²) in [5.74, 6) is 0.713. The maximum Gasteiger partial charge on any atom is 0.251 e. The van der Waals surface area contributed by atoms with Crippen molar-refractivity contribution < 1.29 is 14.3 Å². The summed E-state index contributed by atoms with van der Waals surface area (Å²) in [4.78, 5) is 30.3. The number of fused-ring (bicyclic) bond motifs is 1. The molecule has 0 bridgehead atoms. The van der Waals surface area contributed by atoms with Crippen molar-refractivity contribution in [2.75, 3.05) is 18.6 Å². The standard InChI is InChI=1S/C27H28N6O3S/c1-36-21-13-11-19(12-14-21)16-28-25(34)17-32(23-9-4-7-20-6-2-3-8-22(20)23)26(35)18-33-30-27(29-31-33)24-10-5-15-37-24/h4-5,7,9-15H,2-3,6,8,16-18H2,1H3,(H,28,34). The molecule has 2 aromatic heterocycles. The van der Waals surface area contributed by atoms with Crippen molar-refractivity contribution >= 4 is 28.8 Å². The molecule has 9 nitrogen and oxygen atoms in total. The van der Waals surface area contributed by atoms with Crippen LogP contribution in [0.15, 0.2) is 60.0 Å². The van der Waals surface area contributed by atoms with Gasteiger partial charge in [0.25, 0.3) is 5.91 Å². The van der Waals surface area contributed by atoms with Crippen LogP contribution < -0.4 is 15.0 Å². The summed E-state index contributed by atoms with van der Waals surface area (Å²) in [6.07, 6.45) is 4.04. The number of rotatable bonds is 9. The molecule has 1 aliphatic rings. The Labute approximate surface area is 219 Å². The van der Waals surface area contributed by atoms with Crippen LogP contribution in [0.5, 0.6) is 5.75 Å². The summed E-state index contributed by atoms with van der Waals surface area (Å²) in [5.41, 5.74) is 4.09. The number of aryl methyl sites for hydroxylation is 1. The van der Waals surface area contributed by atoms with E-state index in [-0.39, 0.29) is 24.9 Å². The molecule has 1 N–H and O–H groups in total. The predicted octanol–water partition coefficient (Wildman–Crippen LogP) is 3.64. The molecule has 2 amide bonds. The van der Waals surface area contributed by atoms with E-state index >= 15 is 0 Å². The molecule has 10 heteroatoms. The van der Waals surface area contributed by atoms with E-state index in [2.05, 4.69) is 26.8 Å². The Morgan fingerprint density at radius 1 is 1.08 bits per heavy atom. The van der Waals surface area contributed by atoms with E-state index in [1.54, 1.807) is 12.0 Å². The molecular weight excluding hydrogens is 488 g/mol. The van der Waals surface area contributed by atoms with Gasteiger partial charge < -0.3 is 15.0 Å². The summed E-state index contributed by atoms with van der Waals surface area (Å²) in [7, 11) is 1.61. The van der Waals surface area contributed by atoms with Crippen molar-refractivity contribution in [3.05, 3.63) is 76.7 Å². The van der Waals surface area contributed by atoms with Gasteiger partial charge in [-0.25, -0.2) is 0 Å². The number of hydrogen-bond acceptors (Lipinski definition) is 7. The molecule has 0 spiro atoms. The molecule has 0 saturated carbocycles. The zero-order chi connectivity index (χ0) is 25.6. The number of thiophene rings is 1. The van der Waals surface area contributed by atoms with Gasteiger partial charge in [-0.1, -0.05) is 30.3 Å². The molecule has 0 fully saturated rings. The third kappa shape index (κ3) is 5.86. The van der Waals surface area contributed by atoms with Crippen molar-refractivity contribution in [2.45, 2.75) is 38.8 Å². The Morgan fingerprint density at radius 3 is 2.70 bits per heavy atom. The van der Waals surface area contributed by atoms with E-state index in [1.807, 2.05) is 53.9 Å². The fraction of sp³-hybridized carbons (Fsp3) is 0.296. The minimum absolute atomic E-state index is 0.0993. The first-order valence-corrected chi connectivity index (χ1v) is 13.1. The number of aromatic nitrogens is 4. The molecule has 0 saturated heterocycles. The highest BCUT2D eigenvalue weighted by Crippen LogP contribution is 2.31. The first kappa shape index (κ1) is 24.6. The van der Waals surface area contributed by atoms with Gasteiger partial charge in [0.1, 0.15) is 18.8 Å². The molecule has 190 valence electrons. The van der Waals surface area contributed by atoms with Crippen LogP contribution in [0.1, 0.15) is 29.5 Å². The Hall–Kier alpha value is -4.05. The molecule has 4 aromatic rings. The number of benzene rings is 2. The highest BCUT2D eigenvalue weighted by Gasteiger charge is 2.25. The van der Waals surface area contributed by atoms with Gasteiger partial charge in [-0.2, -0.15) is 4.80 Å². The Kier molecular flexibility index (Phi) is 7.55. The summed E-state index contributed by atoms with van der Waals surface area (Å²) in [6.45, 7) is 0.137. The van der Waals surface area contributed by atoms with E-state index in [0.717, 1.165) is 53.1 Å². The lowest BCUT2D eigenvalue weighted by Crippen LogP contribution is -2.43. The zero-order valence-corrected chi connectivity index (χ0v) is 21.4. The van der Waals surface area contributed by atoms with Crippen LogP contribution in [-0.2, 0) is 35.5 Å². The minimum atomic E-state index is -0.270. The second kappa shape index (κ2) is 11.3. The van der Waals surface area contributed by atoms with Crippen LogP contribution >= 0.6 is 11.3 Å². The topological polar surface area (TPSA) is 102 Å². The number of hydrogen-bond donors (Lipinski definition) is 1. The van der Waals surface area contributed by atoms with E-state index in [0.29, 0.717) is 12.4 Å². The molecule has 2 heterocycles. The molecule has 0 aliphatic heterocycles. The van der Waals surface area contributed by atoms with Crippen molar-refractivity contribution in [1.29, 1.82) is 0 Å². The first-order chi connectivity index (χ1) is 18.1. The maximum atomic E-state index is 13.6. The van der Waals surface area contributed by atoms with Gasteiger partial charge in [0.15, 0.2) is 0 Å². The molecule has 37 heavy (non-hydrogen) atoms. The fourth-order valence-corrected chi connectivity index (χ4v) is 5.13. The molecule has 1 aliphatic carbocycles. The third-order valence-electron chi connectivity index (χ3n) is 6.38. The molecular formula is C27H28N6O3S. The van der Waals surface area contributed by atoms with E-state index in [4.69, 9.17) is 4.74 Å². The Balaban J connectivity index is 1.34. The number of nitrogens with zero attached hydrogens (tertiary/aromatic N) is 5. The van der Waals surface area contributed by atoms with Crippen LogP contribution in [0.4, 0.5) is 5.69 Å². The lowest BCUT2D eigenvalue weighted by molar-refractivity contribution is -0.124.